The molecule has 1 aliphatic rings. The standard InChI is InChI=1S/C21H30FN5O/c1-25(13-16-4-6-18(22)7-5-16)15-21(28)26(2)14-19-12-20(24-27(19)3)17-8-10-23-11-9-17/h4-7,12,17,23H,8-11,13-15H2,1-3H3. The maximum atomic E-state index is 13.0. The predicted octanol–water partition coefficient (Wildman–Crippen LogP) is 2.12. The number of hydrogen-bond donors (Lipinski definition) is 1. The van der Waals surface area contributed by atoms with Gasteiger partial charge in [-0.1, -0.05) is 12.1 Å². The Balaban J connectivity index is 1.53. The fourth-order valence-electron chi connectivity index (χ4n) is 3.64. The molecule has 3 rings (SSSR count). The maximum Gasteiger partial charge on any atom is 0.236 e. The summed E-state index contributed by atoms with van der Waals surface area (Å²) in [6.45, 7) is 3.53. The number of carbonyl (C=O) groups is 1. The Kier molecular flexibility index (Phi) is 6.80. The Labute approximate surface area is 166 Å². The quantitative estimate of drug-likeness (QED) is 0.791. The van der Waals surface area contributed by atoms with Gasteiger partial charge in [-0.2, -0.15) is 5.10 Å². The summed E-state index contributed by atoms with van der Waals surface area (Å²) < 4.78 is 14.9. The summed E-state index contributed by atoms with van der Waals surface area (Å²) in [4.78, 5) is 16.3. The number of nitrogens with one attached hydrogen (secondary N) is 1. The molecule has 0 spiro atoms. The van der Waals surface area contributed by atoms with Crippen molar-refractivity contribution in [3.63, 3.8) is 0 Å². The Hall–Kier alpha value is -2.25. The van der Waals surface area contributed by atoms with Crippen LogP contribution in [0.1, 0.15) is 35.7 Å². The molecule has 1 N–H and O–H groups in total. The summed E-state index contributed by atoms with van der Waals surface area (Å²) in [5, 5.41) is 8.06. The lowest BCUT2D eigenvalue weighted by Gasteiger charge is -2.22. The predicted molar refractivity (Wildman–Crippen MR) is 107 cm³/mol. The number of piperidine rings is 1. The average molecular weight is 388 g/mol. The zero-order valence-corrected chi connectivity index (χ0v) is 17.0. The van der Waals surface area contributed by atoms with Gasteiger partial charge in [0.15, 0.2) is 0 Å². The van der Waals surface area contributed by atoms with Crippen LogP contribution in [-0.2, 0) is 24.9 Å². The summed E-state index contributed by atoms with van der Waals surface area (Å²) in [5.41, 5.74) is 3.16. The Morgan fingerprint density at radius 2 is 1.89 bits per heavy atom. The monoisotopic (exact) mass is 387 g/mol. The lowest BCUT2D eigenvalue weighted by atomic mass is 9.94. The molecule has 7 heteroatoms. The van der Waals surface area contributed by atoms with Crippen molar-refractivity contribution in [1.82, 2.24) is 24.9 Å². The van der Waals surface area contributed by atoms with E-state index in [1.165, 1.54) is 12.1 Å². The van der Waals surface area contributed by atoms with Gasteiger partial charge in [0.2, 0.25) is 5.91 Å². The summed E-state index contributed by atoms with van der Waals surface area (Å²) >= 11 is 0. The first kappa shape index (κ1) is 20.5. The van der Waals surface area contributed by atoms with E-state index in [2.05, 4.69) is 16.5 Å². The average Bonchev–Trinajstić information content (AvgIpc) is 3.04. The molecule has 0 unspecified atom stereocenters. The van der Waals surface area contributed by atoms with Crippen molar-refractivity contribution in [1.29, 1.82) is 0 Å². The molecule has 1 aromatic carbocycles. The fourth-order valence-corrected chi connectivity index (χ4v) is 3.64. The third-order valence-corrected chi connectivity index (χ3v) is 5.35. The van der Waals surface area contributed by atoms with Gasteiger partial charge in [0.1, 0.15) is 5.82 Å². The molecule has 0 aliphatic carbocycles. The highest BCUT2D eigenvalue weighted by atomic mass is 19.1. The van der Waals surface area contributed by atoms with E-state index in [4.69, 9.17) is 0 Å². The van der Waals surface area contributed by atoms with Gasteiger partial charge in [0, 0.05) is 26.6 Å². The first-order chi connectivity index (χ1) is 13.4. The number of likely N-dealkylation sites (N-methyl/N-ethyl adjacent to an activating group) is 2. The van der Waals surface area contributed by atoms with Crippen LogP contribution in [0.5, 0.6) is 0 Å². The van der Waals surface area contributed by atoms with Gasteiger partial charge in [-0.3, -0.25) is 14.4 Å². The lowest BCUT2D eigenvalue weighted by molar-refractivity contribution is -0.131. The van der Waals surface area contributed by atoms with Crippen LogP contribution in [-0.4, -0.2) is 59.2 Å². The van der Waals surface area contributed by atoms with Crippen LogP contribution in [0.15, 0.2) is 30.3 Å². The molecule has 0 atom stereocenters. The lowest BCUT2D eigenvalue weighted by Crippen LogP contribution is -2.36. The van der Waals surface area contributed by atoms with Crippen molar-refractivity contribution in [2.75, 3.05) is 33.7 Å². The van der Waals surface area contributed by atoms with E-state index in [9.17, 15) is 9.18 Å². The van der Waals surface area contributed by atoms with Crippen molar-refractivity contribution < 1.29 is 9.18 Å². The van der Waals surface area contributed by atoms with Crippen molar-refractivity contribution in [3.8, 4) is 0 Å². The molecule has 1 saturated heterocycles. The molecule has 0 saturated carbocycles. The van der Waals surface area contributed by atoms with E-state index >= 15 is 0 Å². The summed E-state index contributed by atoms with van der Waals surface area (Å²) in [5.74, 6) is 0.306. The second-order valence-electron chi connectivity index (χ2n) is 7.76. The van der Waals surface area contributed by atoms with Crippen LogP contribution in [0.25, 0.3) is 0 Å². The van der Waals surface area contributed by atoms with Crippen molar-refractivity contribution in [2.24, 2.45) is 7.05 Å². The molecule has 2 aromatic rings. The molecule has 2 heterocycles. The van der Waals surface area contributed by atoms with Gasteiger partial charge in [0.05, 0.1) is 24.5 Å². The normalized spacial score (nSPS) is 15.2. The number of halogens is 1. The van der Waals surface area contributed by atoms with Crippen LogP contribution in [0.3, 0.4) is 0 Å². The Bertz CT molecular complexity index is 783. The largest absolute Gasteiger partial charge is 0.339 e. The fraction of sp³-hybridized carbons (Fsp3) is 0.524. The van der Waals surface area contributed by atoms with E-state index in [1.54, 1.807) is 17.0 Å². The van der Waals surface area contributed by atoms with Crippen LogP contribution in [0, 0.1) is 5.82 Å². The van der Waals surface area contributed by atoms with E-state index in [1.807, 2.05) is 30.7 Å². The van der Waals surface area contributed by atoms with E-state index in [0.29, 0.717) is 25.6 Å². The molecule has 1 aliphatic heterocycles. The third kappa shape index (κ3) is 5.39. The smallest absolute Gasteiger partial charge is 0.236 e. The van der Waals surface area contributed by atoms with Gasteiger partial charge in [0.25, 0.3) is 0 Å². The van der Waals surface area contributed by atoms with Crippen molar-refractivity contribution in [2.45, 2.75) is 31.8 Å². The number of amides is 1. The molecule has 6 nitrogen and oxygen atoms in total. The number of carbonyl (C=O) groups excluding carboxylic acids is 1. The van der Waals surface area contributed by atoms with Gasteiger partial charge in [-0.05, 0) is 56.7 Å². The van der Waals surface area contributed by atoms with Gasteiger partial charge in [-0.25, -0.2) is 4.39 Å². The molecule has 152 valence electrons. The zero-order chi connectivity index (χ0) is 20.1. The Morgan fingerprint density at radius 3 is 2.57 bits per heavy atom. The number of rotatable bonds is 7. The van der Waals surface area contributed by atoms with Crippen LogP contribution < -0.4 is 5.32 Å². The third-order valence-electron chi connectivity index (χ3n) is 5.35. The number of nitrogens with zero attached hydrogens (tertiary/aromatic N) is 4. The molecular formula is C21H30FN5O. The SMILES string of the molecule is CN(CC(=O)N(C)Cc1cc(C2CCNCC2)nn1C)Cc1ccc(F)cc1. The number of aryl methyl sites for hydroxylation is 1. The highest BCUT2D eigenvalue weighted by Gasteiger charge is 2.20. The first-order valence-corrected chi connectivity index (χ1v) is 9.83. The summed E-state index contributed by atoms with van der Waals surface area (Å²) in [6.07, 6.45) is 2.22. The number of benzene rings is 1. The highest BCUT2D eigenvalue weighted by molar-refractivity contribution is 5.77. The molecule has 1 aromatic heterocycles. The molecule has 0 bridgehead atoms. The summed E-state index contributed by atoms with van der Waals surface area (Å²) in [6, 6.07) is 8.52. The maximum absolute atomic E-state index is 13.0. The molecule has 0 radical (unpaired) electrons. The van der Waals surface area contributed by atoms with Crippen molar-refractivity contribution >= 4 is 5.91 Å². The van der Waals surface area contributed by atoms with E-state index < -0.39 is 0 Å². The molecule has 1 amide bonds. The number of hydrogen-bond acceptors (Lipinski definition) is 4. The minimum atomic E-state index is -0.248. The second kappa shape index (κ2) is 9.30. The molecule has 1 fully saturated rings. The molecule has 28 heavy (non-hydrogen) atoms. The minimum Gasteiger partial charge on any atom is -0.339 e. The minimum absolute atomic E-state index is 0.0502. The van der Waals surface area contributed by atoms with Crippen LogP contribution in [0.4, 0.5) is 4.39 Å². The van der Waals surface area contributed by atoms with Gasteiger partial charge >= 0.3 is 0 Å². The van der Waals surface area contributed by atoms with E-state index in [0.717, 1.165) is 42.9 Å². The first-order valence-electron chi connectivity index (χ1n) is 9.83. The van der Waals surface area contributed by atoms with Crippen molar-refractivity contribution in [3.05, 3.63) is 53.1 Å². The van der Waals surface area contributed by atoms with Gasteiger partial charge in [-0.15, -0.1) is 0 Å². The Morgan fingerprint density at radius 1 is 1.21 bits per heavy atom. The van der Waals surface area contributed by atoms with E-state index in [-0.39, 0.29) is 11.7 Å². The zero-order valence-electron chi connectivity index (χ0n) is 17.0. The highest BCUT2D eigenvalue weighted by Crippen LogP contribution is 2.24. The second-order valence-corrected chi connectivity index (χ2v) is 7.76. The summed E-state index contributed by atoms with van der Waals surface area (Å²) in [7, 11) is 5.67. The van der Waals surface area contributed by atoms with Crippen LogP contribution in [0.2, 0.25) is 0 Å². The van der Waals surface area contributed by atoms with Gasteiger partial charge < -0.3 is 10.2 Å². The number of aromatic nitrogens is 2. The topological polar surface area (TPSA) is 53.4 Å². The van der Waals surface area contributed by atoms with Crippen LogP contribution >= 0.6 is 0 Å². The molecular weight excluding hydrogens is 357 g/mol.